The van der Waals surface area contributed by atoms with Crippen LogP contribution in [-0.2, 0) is 6.42 Å². The van der Waals surface area contributed by atoms with Crippen molar-refractivity contribution in [1.29, 1.82) is 0 Å². The Labute approximate surface area is 181 Å². The van der Waals surface area contributed by atoms with Crippen LogP contribution in [0.15, 0.2) is 64.1 Å². The molecular weight excluding hydrogens is 418 g/mol. The van der Waals surface area contributed by atoms with Crippen molar-refractivity contribution in [2.45, 2.75) is 6.42 Å². The molecule has 0 unspecified atom stereocenters. The predicted molar refractivity (Wildman–Crippen MR) is 114 cm³/mol. The lowest BCUT2D eigenvalue weighted by atomic mass is 10.1. The third-order valence-electron chi connectivity index (χ3n) is 4.94. The number of fused-ring (bicyclic) bond motifs is 3. The van der Waals surface area contributed by atoms with Crippen molar-refractivity contribution >= 4 is 23.8 Å². The van der Waals surface area contributed by atoms with Gasteiger partial charge in [-0.15, -0.1) is 0 Å². The van der Waals surface area contributed by atoms with Gasteiger partial charge in [-0.1, -0.05) is 24.3 Å². The number of hydrogen-bond donors (Lipinski definition) is 1. The zero-order valence-corrected chi connectivity index (χ0v) is 16.6. The largest absolute Gasteiger partial charge is 0.433 e. The summed E-state index contributed by atoms with van der Waals surface area (Å²) in [6, 6.07) is 15.6. The monoisotopic (exact) mass is 435 g/mol. The van der Waals surface area contributed by atoms with Gasteiger partial charge in [0.2, 0.25) is 0 Å². The molecule has 162 valence electrons. The molecule has 11 nitrogen and oxygen atoms in total. The Kier molecular flexibility index (Phi) is 5.62. The molecule has 32 heavy (non-hydrogen) atoms. The van der Waals surface area contributed by atoms with E-state index < -0.39 is 4.92 Å². The highest BCUT2D eigenvalue weighted by Crippen LogP contribution is 2.37. The summed E-state index contributed by atoms with van der Waals surface area (Å²) < 4.78 is 4.83. The zero-order valence-electron chi connectivity index (χ0n) is 16.6. The maximum Gasteiger partial charge on any atom is 0.433 e. The number of carbonyl (C=O) groups is 1. The van der Waals surface area contributed by atoms with Crippen LogP contribution in [-0.4, -0.2) is 40.2 Å². The number of benzene rings is 2. The Bertz CT molecular complexity index is 1230. The molecule has 11 heteroatoms. The number of carbonyl (C=O) groups excluding carboxylic acids is 1. The maximum absolute atomic E-state index is 11.1. The van der Waals surface area contributed by atoms with Gasteiger partial charge in [0.1, 0.15) is 4.92 Å². The minimum atomic E-state index is -0.639. The number of nitrogens with zero attached hydrogens (tertiary/aromatic N) is 4. The minimum Gasteiger partial charge on any atom is -0.400 e. The zero-order chi connectivity index (χ0) is 22.7. The summed E-state index contributed by atoms with van der Waals surface area (Å²) in [5, 5.41) is 28.6. The first-order valence-corrected chi connectivity index (χ1v) is 9.61. The van der Waals surface area contributed by atoms with Gasteiger partial charge in [0.15, 0.2) is 5.76 Å². The molecule has 0 saturated carbocycles. The Morgan fingerprint density at radius 1 is 1.00 bits per heavy atom. The molecule has 1 aliphatic carbocycles. The van der Waals surface area contributed by atoms with Crippen LogP contribution in [0.4, 0.5) is 16.4 Å². The van der Waals surface area contributed by atoms with E-state index in [1.165, 1.54) is 34.5 Å². The summed E-state index contributed by atoms with van der Waals surface area (Å²) in [5.74, 6) is -0.126. The predicted octanol–water partition coefficient (Wildman–Crippen LogP) is 3.71. The molecular formula is C21H17N5O6. The van der Waals surface area contributed by atoms with Gasteiger partial charge in [-0.05, 0) is 40.8 Å². The summed E-state index contributed by atoms with van der Waals surface area (Å²) in [6.45, 7) is 1.01. The van der Waals surface area contributed by atoms with Crippen LogP contribution in [0.3, 0.4) is 0 Å². The molecule has 2 aromatic carbocycles. The van der Waals surface area contributed by atoms with Crippen LogP contribution >= 0.6 is 0 Å². The standard InChI is InChI=1S/C13H9NO2.C8H8N4O4/c15-14(16)11-5-6-13-10(8-11)7-9-3-1-2-4-12(9)13;13-8-9-3-4-11(8)10-5-6-1-2-7(16-6)12(14)15/h1-6,8H,7H2;1-2,5H,3-4H2,(H,9,13)/b;10-5+. The Morgan fingerprint density at radius 3 is 2.47 bits per heavy atom. The van der Waals surface area contributed by atoms with Crippen LogP contribution in [0, 0.1) is 20.2 Å². The van der Waals surface area contributed by atoms with Gasteiger partial charge < -0.3 is 9.73 Å². The van der Waals surface area contributed by atoms with E-state index in [-0.39, 0.29) is 28.3 Å². The van der Waals surface area contributed by atoms with Crippen molar-refractivity contribution < 1.29 is 19.1 Å². The average molecular weight is 435 g/mol. The summed E-state index contributed by atoms with van der Waals surface area (Å²) in [5.41, 5.74) is 4.80. The van der Waals surface area contributed by atoms with Crippen LogP contribution in [0.5, 0.6) is 0 Å². The molecule has 0 radical (unpaired) electrons. The van der Waals surface area contributed by atoms with Crippen molar-refractivity contribution in [2.24, 2.45) is 5.10 Å². The molecule has 1 fully saturated rings. The SMILES string of the molecule is O=C1NCCN1/N=C/c1ccc([N+](=O)[O-])o1.O=[N+]([O-])c1ccc2c(c1)Cc1ccccc1-2. The van der Waals surface area contributed by atoms with Gasteiger partial charge in [0.25, 0.3) is 5.69 Å². The number of nitro groups is 2. The van der Waals surface area contributed by atoms with Gasteiger partial charge in [-0.25, -0.2) is 9.80 Å². The molecule has 3 aromatic rings. The molecule has 1 aromatic heterocycles. The number of amides is 2. The second-order valence-corrected chi connectivity index (χ2v) is 6.97. The maximum atomic E-state index is 11.1. The highest BCUT2D eigenvalue weighted by molar-refractivity contribution is 5.81. The van der Waals surface area contributed by atoms with E-state index >= 15 is 0 Å². The molecule has 1 aliphatic heterocycles. The molecule has 1 saturated heterocycles. The molecule has 2 aliphatic rings. The summed E-state index contributed by atoms with van der Waals surface area (Å²) in [6.07, 6.45) is 2.06. The number of urea groups is 1. The van der Waals surface area contributed by atoms with Crippen LogP contribution in [0.25, 0.3) is 11.1 Å². The second-order valence-electron chi connectivity index (χ2n) is 6.97. The van der Waals surface area contributed by atoms with E-state index in [2.05, 4.69) is 22.6 Å². The molecule has 2 heterocycles. The first-order chi connectivity index (χ1) is 15.4. The first-order valence-electron chi connectivity index (χ1n) is 9.61. The van der Waals surface area contributed by atoms with Crippen LogP contribution in [0.2, 0.25) is 0 Å². The molecule has 0 bridgehead atoms. The highest BCUT2D eigenvalue weighted by atomic mass is 16.6. The van der Waals surface area contributed by atoms with Crippen molar-refractivity contribution in [1.82, 2.24) is 10.3 Å². The number of hydrazone groups is 1. The fraction of sp³-hybridized carbons (Fsp3) is 0.143. The van der Waals surface area contributed by atoms with Crippen molar-refractivity contribution in [3.8, 4) is 11.1 Å². The number of non-ortho nitro benzene ring substituents is 1. The van der Waals surface area contributed by atoms with Crippen molar-refractivity contribution in [3.63, 3.8) is 0 Å². The number of rotatable bonds is 4. The first kappa shape index (κ1) is 20.7. The van der Waals surface area contributed by atoms with E-state index in [1.807, 2.05) is 18.2 Å². The van der Waals surface area contributed by atoms with Crippen molar-refractivity contribution in [3.05, 3.63) is 91.7 Å². The molecule has 0 spiro atoms. The molecule has 1 N–H and O–H groups in total. The Balaban J connectivity index is 0.000000153. The van der Waals surface area contributed by atoms with E-state index in [0.717, 1.165) is 17.5 Å². The number of hydrogen-bond acceptors (Lipinski definition) is 7. The van der Waals surface area contributed by atoms with Gasteiger partial charge in [0, 0.05) is 18.7 Å². The lowest BCUT2D eigenvalue weighted by molar-refractivity contribution is -0.402. The second kappa shape index (κ2) is 8.68. The molecule has 5 rings (SSSR count). The smallest absolute Gasteiger partial charge is 0.400 e. The van der Waals surface area contributed by atoms with Crippen LogP contribution in [0.1, 0.15) is 16.9 Å². The lowest BCUT2D eigenvalue weighted by Crippen LogP contribution is -2.23. The normalized spacial score (nSPS) is 13.9. The lowest BCUT2D eigenvalue weighted by Gasteiger charge is -2.03. The Morgan fingerprint density at radius 2 is 1.78 bits per heavy atom. The third-order valence-corrected chi connectivity index (χ3v) is 4.94. The minimum absolute atomic E-state index is 0.173. The number of nitrogens with one attached hydrogen (secondary N) is 1. The third kappa shape index (κ3) is 4.31. The number of nitro benzene ring substituents is 1. The topological polar surface area (TPSA) is 144 Å². The summed E-state index contributed by atoms with van der Waals surface area (Å²) in [4.78, 5) is 31.1. The molecule has 0 atom stereocenters. The average Bonchev–Trinajstić information content (AvgIpc) is 3.50. The van der Waals surface area contributed by atoms with E-state index in [1.54, 1.807) is 12.1 Å². The van der Waals surface area contributed by atoms with E-state index in [9.17, 15) is 25.0 Å². The Hall–Kier alpha value is -4.54. The quantitative estimate of drug-likeness (QED) is 0.294. The van der Waals surface area contributed by atoms with E-state index in [4.69, 9.17) is 4.42 Å². The van der Waals surface area contributed by atoms with Gasteiger partial charge >= 0.3 is 11.9 Å². The van der Waals surface area contributed by atoms with Gasteiger partial charge in [-0.2, -0.15) is 5.10 Å². The molecule has 2 amide bonds. The fourth-order valence-electron chi connectivity index (χ4n) is 3.45. The fourth-order valence-corrected chi connectivity index (χ4v) is 3.45. The summed E-state index contributed by atoms with van der Waals surface area (Å²) in [7, 11) is 0. The summed E-state index contributed by atoms with van der Waals surface area (Å²) >= 11 is 0. The van der Waals surface area contributed by atoms with Gasteiger partial charge in [-0.3, -0.25) is 20.2 Å². The highest BCUT2D eigenvalue weighted by Gasteiger charge is 2.20. The number of furan rings is 1. The van der Waals surface area contributed by atoms with Crippen LogP contribution < -0.4 is 5.32 Å². The van der Waals surface area contributed by atoms with Crippen molar-refractivity contribution in [2.75, 3.05) is 13.1 Å². The van der Waals surface area contributed by atoms with E-state index in [0.29, 0.717) is 13.1 Å². The van der Waals surface area contributed by atoms with Gasteiger partial charge in [0.05, 0.1) is 23.7 Å².